The minimum absolute atomic E-state index is 0.000551. The van der Waals surface area contributed by atoms with E-state index < -0.39 is 10.0 Å². The summed E-state index contributed by atoms with van der Waals surface area (Å²) in [6, 6.07) is 12.2. The third-order valence-corrected chi connectivity index (χ3v) is 6.74. The summed E-state index contributed by atoms with van der Waals surface area (Å²) in [7, 11) is -3.65. The van der Waals surface area contributed by atoms with Gasteiger partial charge in [-0.2, -0.15) is 0 Å². The van der Waals surface area contributed by atoms with Gasteiger partial charge in [-0.3, -0.25) is 9.52 Å². The van der Waals surface area contributed by atoms with Crippen molar-refractivity contribution in [1.82, 2.24) is 0 Å². The number of nitrogens with one attached hydrogen (secondary N) is 1. The monoisotopic (exact) mass is 400 g/mol. The van der Waals surface area contributed by atoms with Gasteiger partial charge in [0.1, 0.15) is 6.10 Å². The summed E-state index contributed by atoms with van der Waals surface area (Å²) in [5.74, 6) is 0.000551. The van der Waals surface area contributed by atoms with Crippen LogP contribution in [0.5, 0.6) is 0 Å². The molecule has 0 spiro atoms. The quantitative estimate of drug-likeness (QED) is 0.837. The largest absolute Gasteiger partial charge is 0.368 e. The molecule has 2 heterocycles. The van der Waals surface area contributed by atoms with Gasteiger partial charge in [-0.1, -0.05) is 19.1 Å². The van der Waals surface area contributed by atoms with Gasteiger partial charge < -0.3 is 9.64 Å². The molecular weight excluding hydrogens is 376 g/mol. The van der Waals surface area contributed by atoms with E-state index in [4.69, 9.17) is 4.74 Å². The summed E-state index contributed by atoms with van der Waals surface area (Å²) in [6.07, 6.45) is 2.89. The average Bonchev–Trinajstić information content (AvgIpc) is 3.37. The van der Waals surface area contributed by atoms with Crippen LogP contribution >= 0.6 is 0 Å². The molecular formula is C21H24N2O4S. The van der Waals surface area contributed by atoms with E-state index in [-0.39, 0.29) is 16.9 Å². The Morgan fingerprint density at radius 2 is 2.00 bits per heavy atom. The van der Waals surface area contributed by atoms with E-state index in [9.17, 15) is 13.2 Å². The Morgan fingerprint density at radius 3 is 2.68 bits per heavy atom. The molecule has 2 aliphatic rings. The van der Waals surface area contributed by atoms with Crippen molar-refractivity contribution in [2.45, 2.75) is 43.6 Å². The standard InChI is InChI=1S/C21H24N2O4S/c1-2-15-5-8-18(9-6-15)28(25,26)22-17-7-10-19-16(14-17)11-12-23(19)21(24)20-4-3-13-27-20/h5-10,14,20,22H,2-4,11-13H2,1H3. The lowest BCUT2D eigenvalue weighted by Gasteiger charge is -2.21. The van der Waals surface area contributed by atoms with Gasteiger partial charge in [0.15, 0.2) is 0 Å². The Bertz CT molecular complexity index is 980. The molecule has 0 aliphatic carbocycles. The molecule has 0 radical (unpaired) electrons. The van der Waals surface area contributed by atoms with Crippen molar-refractivity contribution in [2.75, 3.05) is 22.8 Å². The molecule has 4 rings (SSSR count). The molecule has 2 aromatic rings. The van der Waals surface area contributed by atoms with Crippen molar-refractivity contribution >= 4 is 27.3 Å². The molecule has 28 heavy (non-hydrogen) atoms. The minimum atomic E-state index is -3.65. The first-order chi connectivity index (χ1) is 13.5. The molecule has 1 fully saturated rings. The van der Waals surface area contributed by atoms with Crippen LogP contribution in [-0.4, -0.2) is 33.6 Å². The van der Waals surface area contributed by atoms with Crippen LogP contribution in [0.2, 0.25) is 0 Å². The molecule has 1 unspecified atom stereocenters. The third-order valence-electron chi connectivity index (χ3n) is 5.34. The number of hydrogen-bond donors (Lipinski definition) is 1. The first-order valence-corrected chi connectivity index (χ1v) is 11.1. The van der Waals surface area contributed by atoms with Crippen LogP contribution in [-0.2, 0) is 32.4 Å². The molecule has 1 N–H and O–H groups in total. The number of fused-ring (bicyclic) bond motifs is 1. The van der Waals surface area contributed by atoms with Gasteiger partial charge in [0.05, 0.1) is 4.90 Å². The summed E-state index contributed by atoms with van der Waals surface area (Å²) in [5.41, 5.74) is 3.40. The van der Waals surface area contributed by atoms with Crippen molar-refractivity contribution in [3.05, 3.63) is 53.6 Å². The van der Waals surface area contributed by atoms with Gasteiger partial charge in [-0.15, -0.1) is 0 Å². The summed E-state index contributed by atoms with van der Waals surface area (Å²) >= 11 is 0. The number of benzene rings is 2. The number of carbonyl (C=O) groups excluding carboxylic acids is 1. The van der Waals surface area contributed by atoms with Crippen LogP contribution in [0, 0.1) is 0 Å². The smallest absolute Gasteiger partial charge is 0.261 e. The molecule has 2 aromatic carbocycles. The normalized spacial score (nSPS) is 18.9. The zero-order chi connectivity index (χ0) is 19.7. The maximum Gasteiger partial charge on any atom is 0.261 e. The number of ether oxygens (including phenoxy) is 1. The highest BCUT2D eigenvalue weighted by molar-refractivity contribution is 7.92. The molecule has 1 atom stereocenters. The van der Waals surface area contributed by atoms with Crippen LogP contribution in [0.15, 0.2) is 47.4 Å². The summed E-state index contributed by atoms with van der Waals surface area (Å²) in [5, 5.41) is 0. The molecule has 1 saturated heterocycles. The second kappa shape index (κ2) is 7.56. The molecule has 2 aliphatic heterocycles. The predicted molar refractivity (Wildman–Crippen MR) is 108 cm³/mol. The van der Waals surface area contributed by atoms with E-state index in [0.717, 1.165) is 36.1 Å². The number of carbonyl (C=O) groups is 1. The number of rotatable bonds is 5. The summed E-state index contributed by atoms with van der Waals surface area (Å²) in [6.45, 7) is 3.26. The van der Waals surface area contributed by atoms with Crippen LogP contribution < -0.4 is 9.62 Å². The van der Waals surface area contributed by atoms with Crippen molar-refractivity contribution in [1.29, 1.82) is 0 Å². The lowest BCUT2D eigenvalue weighted by molar-refractivity contribution is -0.127. The number of anilines is 2. The van der Waals surface area contributed by atoms with Gasteiger partial charge in [-0.25, -0.2) is 8.42 Å². The second-order valence-corrected chi connectivity index (χ2v) is 8.87. The Hall–Kier alpha value is -2.38. The van der Waals surface area contributed by atoms with Crippen LogP contribution in [0.3, 0.4) is 0 Å². The van der Waals surface area contributed by atoms with E-state index in [1.807, 2.05) is 31.2 Å². The fourth-order valence-electron chi connectivity index (χ4n) is 3.76. The van der Waals surface area contributed by atoms with Gasteiger partial charge in [0, 0.05) is 24.5 Å². The topological polar surface area (TPSA) is 75.7 Å². The van der Waals surface area contributed by atoms with Gasteiger partial charge in [0.2, 0.25) is 0 Å². The highest BCUT2D eigenvalue weighted by Gasteiger charge is 2.32. The first kappa shape index (κ1) is 19.0. The van der Waals surface area contributed by atoms with Gasteiger partial charge >= 0.3 is 0 Å². The SMILES string of the molecule is CCc1ccc(S(=O)(=O)Nc2ccc3c(c2)CCN3C(=O)C2CCCO2)cc1. The van der Waals surface area contributed by atoms with Crippen molar-refractivity contribution in [3.8, 4) is 0 Å². The Balaban J connectivity index is 1.52. The number of nitrogens with zero attached hydrogens (tertiary/aromatic N) is 1. The van der Waals surface area contributed by atoms with E-state index in [1.165, 1.54) is 0 Å². The fraction of sp³-hybridized carbons (Fsp3) is 0.381. The molecule has 1 amide bonds. The highest BCUT2D eigenvalue weighted by atomic mass is 32.2. The second-order valence-electron chi connectivity index (χ2n) is 7.19. The van der Waals surface area contributed by atoms with Gasteiger partial charge in [-0.05, 0) is 67.1 Å². The molecule has 0 aromatic heterocycles. The van der Waals surface area contributed by atoms with Crippen LogP contribution in [0.25, 0.3) is 0 Å². The van der Waals surface area contributed by atoms with Crippen molar-refractivity contribution in [2.24, 2.45) is 0 Å². The average molecular weight is 401 g/mol. The van der Waals surface area contributed by atoms with Crippen molar-refractivity contribution in [3.63, 3.8) is 0 Å². The lowest BCUT2D eigenvalue weighted by atomic mass is 10.1. The molecule has 0 saturated carbocycles. The maximum atomic E-state index is 12.7. The predicted octanol–water partition coefficient (Wildman–Crippen LogP) is 3.12. The first-order valence-electron chi connectivity index (χ1n) is 9.65. The molecule has 148 valence electrons. The van der Waals surface area contributed by atoms with Gasteiger partial charge in [0.25, 0.3) is 15.9 Å². The van der Waals surface area contributed by atoms with Crippen LogP contribution in [0.4, 0.5) is 11.4 Å². The third kappa shape index (κ3) is 3.64. The van der Waals surface area contributed by atoms with E-state index >= 15 is 0 Å². The zero-order valence-electron chi connectivity index (χ0n) is 15.8. The van der Waals surface area contributed by atoms with E-state index in [0.29, 0.717) is 25.3 Å². The molecule has 6 nitrogen and oxygen atoms in total. The Kier molecular flexibility index (Phi) is 5.12. The lowest BCUT2D eigenvalue weighted by Crippen LogP contribution is -2.37. The molecule has 7 heteroatoms. The van der Waals surface area contributed by atoms with E-state index in [1.54, 1.807) is 23.1 Å². The zero-order valence-corrected chi connectivity index (χ0v) is 16.7. The number of aryl methyl sites for hydroxylation is 1. The number of hydrogen-bond acceptors (Lipinski definition) is 4. The highest BCUT2D eigenvalue weighted by Crippen LogP contribution is 2.32. The maximum absolute atomic E-state index is 12.7. The van der Waals surface area contributed by atoms with E-state index in [2.05, 4.69) is 4.72 Å². The molecule has 0 bridgehead atoms. The number of amides is 1. The van der Waals surface area contributed by atoms with Crippen LogP contribution in [0.1, 0.15) is 30.9 Å². The van der Waals surface area contributed by atoms with Crippen molar-refractivity contribution < 1.29 is 17.9 Å². The summed E-state index contributed by atoms with van der Waals surface area (Å²) < 4.78 is 33.5. The Labute approximate surface area is 165 Å². The number of sulfonamides is 1. The fourth-order valence-corrected chi connectivity index (χ4v) is 4.81. The minimum Gasteiger partial charge on any atom is -0.368 e. The Morgan fingerprint density at radius 1 is 1.21 bits per heavy atom. The summed E-state index contributed by atoms with van der Waals surface area (Å²) in [4.78, 5) is 14.6.